The van der Waals surface area contributed by atoms with E-state index in [4.69, 9.17) is 0 Å². The zero-order chi connectivity index (χ0) is 10.6. The summed E-state index contributed by atoms with van der Waals surface area (Å²) in [6, 6.07) is 7.66. The molecule has 0 unspecified atom stereocenters. The van der Waals surface area contributed by atoms with Crippen LogP contribution in [0.4, 0.5) is 0 Å². The maximum atomic E-state index is 10.8. The molecule has 0 heterocycles. The molecule has 0 aliphatic heterocycles. The van der Waals surface area contributed by atoms with Crippen molar-refractivity contribution in [3.63, 3.8) is 0 Å². The Bertz CT molecular complexity index is 341. The Balaban J connectivity index is 3.01. The number of hydrogen-bond acceptors (Lipinski definition) is 2. The highest BCUT2D eigenvalue weighted by atomic mass is 79.9. The Hall–Kier alpha value is -1.09. The van der Waals surface area contributed by atoms with Crippen LogP contribution >= 0.6 is 15.9 Å². The molecule has 3 heteroatoms. The first-order valence-electron chi connectivity index (χ1n) is 4.23. The number of rotatable bonds is 3. The van der Waals surface area contributed by atoms with Gasteiger partial charge >= 0.3 is 0 Å². The second-order valence-corrected chi connectivity index (χ2v) is 4.09. The van der Waals surface area contributed by atoms with Crippen molar-refractivity contribution in [3.05, 3.63) is 40.5 Å². The predicted molar refractivity (Wildman–Crippen MR) is 61.9 cm³/mol. The number of nitrogens with zero attached hydrogens (tertiary/aromatic N) is 1. The smallest absolute Gasteiger partial charge is 0.152 e. The molecule has 0 amide bonds. The van der Waals surface area contributed by atoms with Crippen molar-refractivity contribution in [2.75, 3.05) is 14.1 Å². The van der Waals surface area contributed by atoms with Gasteiger partial charge < -0.3 is 4.90 Å². The molecule has 0 bridgehead atoms. The lowest BCUT2D eigenvalue weighted by Crippen LogP contribution is -2.03. The van der Waals surface area contributed by atoms with E-state index in [-0.39, 0.29) is 0 Å². The fourth-order valence-electron chi connectivity index (χ4n) is 1.09. The largest absolute Gasteiger partial charge is 0.383 e. The van der Waals surface area contributed by atoms with Gasteiger partial charge in [0.15, 0.2) is 6.29 Å². The van der Waals surface area contributed by atoms with Gasteiger partial charge in [-0.05, 0) is 17.7 Å². The Morgan fingerprint density at radius 2 is 1.86 bits per heavy atom. The normalized spacial score (nSPS) is 11.2. The van der Waals surface area contributed by atoms with Gasteiger partial charge in [-0.25, -0.2) is 0 Å². The summed E-state index contributed by atoms with van der Waals surface area (Å²) in [5.74, 6) is 0. The topological polar surface area (TPSA) is 20.3 Å². The predicted octanol–water partition coefficient (Wildman–Crippen LogP) is 2.55. The van der Waals surface area contributed by atoms with E-state index in [0.29, 0.717) is 5.57 Å². The number of hydrogen-bond donors (Lipinski definition) is 0. The van der Waals surface area contributed by atoms with Gasteiger partial charge in [0.2, 0.25) is 0 Å². The average Bonchev–Trinajstić information content (AvgIpc) is 2.15. The van der Waals surface area contributed by atoms with Gasteiger partial charge in [0.05, 0.1) is 0 Å². The first kappa shape index (κ1) is 11.0. The second-order valence-electron chi connectivity index (χ2n) is 3.17. The summed E-state index contributed by atoms with van der Waals surface area (Å²) in [6.45, 7) is 0. The van der Waals surface area contributed by atoms with Crippen molar-refractivity contribution in [1.82, 2.24) is 4.90 Å². The van der Waals surface area contributed by atoms with Crippen LogP contribution in [0.15, 0.2) is 34.9 Å². The standard InChI is InChI=1S/C11H12BrNO/c1-13(2)7-10(8-14)9-3-5-11(12)6-4-9/h3-8H,1-2H3. The molecule has 14 heavy (non-hydrogen) atoms. The Kier molecular flexibility index (Phi) is 3.89. The fourth-order valence-corrected chi connectivity index (χ4v) is 1.36. The van der Waals surface area contributed by atoms with E-state index in [0.717, 1.165) is 16.3 Å². The molecular formula is C11H12BrNO. The van der Waals surface area contributed by atoms with Gasteiger partial charge in [-0.1, -0.05) is 28.1 Å². The summed E-state index contributed by atoms with van der Waals surface area (Å²) in [5, 5.41) is 0. The van der Waals surface area contributed by atoms with E-state index in [2.05, 4.69) is 15.9 Å². The van der Waals surface area contributed by atoms with Crippen LogP contribution in [0.3, 0.4) is 0 Å². The van der Waals surface area contributed by atoms with Crippen LogP contribution in [0.5, 0.6) is 0 Å². The third-order valence-corrected chi connectivity index (χ3v) is 2.23. The quantitative estimate of drug-likeness (QED) is 0.610. The minimum Gasteiger partial charge on any atom is -0.383 e. The summed E-state index contributed by atoms with van der Waals surface area (Å²) < 4.78 is 1.01. The molecule has 0 spiro atoms. The molecule has 1 rings (SSSR count). The second kappa shape index (κ2) is 4.96. The lowest BCUT2D eigenvalue weighted by molar-refractivity contribution is -0.103. The molecule has 0 aromatic heterocycles. The van der Waals surface area contributed by atoms with Crippen LogP contribution in [-0.4, -0.2) is 25.3 Å². The zero-order valence-electron chi connectivity index (χ0n) is 8.20. The van der Waals surface area contributed by atoms with Gasteiger partial charge in [0.1, 0.15) is 0 Å². The van der Waals surface area contributed by atoms with Crippen molar-refractivity contribution in [1.29, 1.82) is 0 Å². The van der Waals surface area contributed by atoms with E-state index in [1.54, 1.807) is 6.20 Å². The molecule has 2 nitrogen and oxygen atoms in total. The van der Waals surface area contributed by atoms with Gasteiger partial charge in [0.25, 0.3) is 0 Å². The SMILES string of the molecule is CN(C)C=C(C=O)c1ccc(Br)cc1. The summed E-state index contributed by atoms with van der Waals surface area (Å²) in [4.78, 5) is 12.7. The summed E-state index contributed by atoms with van der Waals surface area (Å²) >= 11 is 3.35. The number of allylic oxidation sites excluding steroid dienone is 1. The number of halogens is 1. The van der Waals surface area contributed by atoms with Crippen LogP contribution in [0.1, 0.15) is 5.56 Å². The van der Waals surface area contributed by atoms with Crippen LogP contribution < -0.4 is 0 Å². The van der Waals surface area contributed by atoms with Crippen LogP contribution in [0.2, 0.25) is 0 Å². The molecule has 0 N–H and O–H groups in total. The van der Waals surface area contributed by atoms with Crippen LogP contribution in [-0.2, 0) is 4.79 Å². The third kappa shape index (κ3) is 3.00. The average molecular weight is 254 g/mol. The Morgan fingerprint density at radius 3 is 2.29 bits per heavy atom. The summed E-state index contributed by atoms with van der Waals surface area (Å²) in [7, 11) is 3.78. The Morgan fingerprint density at radius 1 is 1.29 bits per heavy atom. The van der Waals surface area contributed by atoms with Gasteiger partial charge in [0, 0.05) is 30.3 Å². The van der Waals surface area contributed by atoms with Gasteiger partial charge in [-0.2, -0.15) is 0 Å². The number of benzene rings is 1. The highest BCUT2D eigenvalue weighted by Crippen LogP contribution is 2.16. The molecule has 1 aromatic rings. The highest BCUT2D eigenvalue weighted by molar-refractivity contribution is 9.10. The summed E-state index contributed by atoms with van der Waals surface area (Å²) in [6.07, 6.45) is 2.67. The minimum atomic E-state index is 0.683. The van der Waals surface area contributed by atoms with Crippen molar-refractivity contribution < 1.29 is 4.79 Å². The molecule has 0 saturated heterocycles. The fraction of sp³-hybridized carbons (Fsp3) is 0.182. The first-order valence-corrected chi connectivity index (χ1v) is 5.02. The van der Waals surface area contributed by atoms with E-state index >= 15 is 0 Å². The molecule has 0 aliphatic rings. The number of aldehydes is 1. The number of carbonyl (C=O) groups is 1. The Labute approximate surface area is 92.4 Å². The van der Waals surface area contributed by atoms with Crippen LogP contribution in [0, 0.1) is 0 Å². The highest BCUT2D eigenvalue weighted by Gasteiger charge is 1.99. The zero-order valence-corrected chi connectivity index (χ0v) is 9.78. The molecule has 0 aliphatic carbocycles. The van der Waals surface area contributed by atoms with Gasteiger partial charge in [-0.15, -0.1) is 0 Å². The van der Waals surface area contributed by atoms with E-state index in [9.17, 15) is 4.79 Å². The third-order valence-electron chi connectivity index (χ3n) is 1.70. The van der Waals surface area contributed by atoms with Crippen molar-refractivity contribution in [3.8, 4) is 0 Å². The minimum absolute atomic E-state index is 0.683. The van der Waals surface area contributed by atoms with Crippen molar-refractivity contribution >= 4 is 27.8 Å². The van der Waals surface area contributed by atoms with E-state index in [1.807, 2.05) is 43.3 Å². The molecule has 0 atom stereocenters. The van der Waals surface area contributed by atoms with E-state index < -0.39 is 0 Å². The van der Waals surface area contributed by atoms with Crippen LogP contribution in [0.25, 0.3) is 5.57 Å². The molecule has 1 aromatic carbocycles. The maximum Gasteiger partial charge on any atom is 0.152 e. The first-order chi connectivity index (χ1) is 6.63. The van der Waals surface area contributed by atoms with Crippen molar-refractivity contribution in [2.45, 2.75) is 0 Å². The maximum absolute atomic E-state index is 10.8. The van der Waals surface area contributed by atoms with Crippen molar-refractivity contribution in [2.24, 2.45) is 0 Å². The molecular weight excluding hydrogens is 242 g/mol. The lowest BCUT2D eigenvalue weighted by Gasteiger charge is -2.07. The van der Waals surface area contributed by atoms with Gasteiger partial charge in [-0.3, -0.25) is 4.79 Å². The molecule has 0 fully saturated rings. The number of carbonyl (C=O) groups excluding carboxylic acids is 1. The molecule has 0 saturated carbocycles. The monoisotopic (exact) mass is 253 g/mol. The summed E-state index contributed by atoms with van der Waals surface area (Å²) in [5.41, 5.74) is 1.61. The molecule has 0 radical (unpaired) electrons. The lowest BCUT2D eigenvalue weighted by atomic mass is 10.1. The van der Waals surface area contributed by atoms with E-state index in [1.165, 1.54) is 0 Å². The molecule has 74 valence electrons.